The maximum Gasteiger partial charge on any atom is 0.269 e. The van der Waals surface area contributed by atoms with Crippen LogP contribution >= 0.6 is 11.6 Å². The Balaban J connectivity index is 1.75. The Hall–Kier alpha value is -2.98. The van der Waals surface area contributed by atoms with Gasteiger partial charge < -0.3 is 10.5 Å². The summed E-state index contributed by atoms with van der Waals surface area (Å²) in [7, 11) is 0. The van der Waals surface area contributed by atoms with Gasteiger partial charge in [-0.25, -0.2) is 10.2 Å². The van der Waals surface area contributed by atoms with Gasteiger partial charge in [-0.3, -0.25) is 19.8 Å². The number of anilines is 1. The Kier molecular flexibility index (Phi) is 5.61. The summed E-state index contributed by atoms with van der Waals surface area (Å²) in [6, 6.07) is 11.5. The summed E-state index contributed by atoms with van der Waals surface area (Å²) in [4.78, 5) is 35.6. The van der Waals surface area contributed by atoms with Crippen molar-refractivity contribution in [3.05, 3.63) is 64.9 Å². The van der Waals surface area contributed by atoms with E-state index in [1.165, 1.54) is 31.2 Å². The molecule has 1 aliphatic heterocycles. The van der Waals surface area contributed by atoms with Gasteiger partial charge in [-0.2, -0.15) is 5.23 Å². The molecule has 0 radical (unpaired) electrons. The predicted octanol–water partition coefficient (Wildman–Crippen LogP) is 0.884. The molecule has 3 atom stereocenters. The van der Waals surface area contributed by atoms with E-state index in [0.717, 1.165) is 5.01 Å². The SMILES string of the molecule is CC(=O)Nc1ccc(C(=O)NN2C(=O)C(Cl)C2c2cccc([NH+]([O-])O)c2)cc1. The van der Waals surface area contributed by atoms with Crippen molar-refractivity contribution < 1.29 is 24.8 Å². The molecule has 1 fully saturated rings. The monoisotopic (exact) mass is 404 g/mol. The molecule has 2 aromatic rings. The average molecular weight is 405 g/mol. The lowest BCUT2D eigenvalue weighted by molar-refractivity contribution is -0.991. The molecule has 0 spiro atoms. The molecular formula is C18H17ClN4O5. The molecule has 9 nitrogen and oxygen atoms in total. The van der Waals surface area contributed by atoms with E-state index in [2.05, 4.69) is 10.7 Å². The highest BCUT2D eigenvalue weighted by molar-refractivity contribution is 6.33. The molecule has 3 rings (SSSR count). The highest BCUT2D eigenvalue weighted by Gasteiger charge is 2.48. The van der Waals surface area contributed by atoms with Gasteiger partial charge in [0, 0.05) is 30.3 Å². The van der Waals surface area contributed by atoms with Crippen LogP contribution in [-0.2, 0) is 9.59 Å². The molecule has 28 heavy (non-hydrogen) atoms. The van der Waals surface area contributed by atoms with Crippen molar-refractivity contribution in [2.45, 2.75) is 18.3 Å². The van der Waals surface area contributed by atoms with Crippen molar-refractivity contribution in [3.8, 4) is 0 Å². The summed E-state index contributed by atoms with van der Waals surface area (Å²) in [6.45, 7) is 1.37. The van der Waals surface area contributed by atoms with Gasteiger partial charge >= 0.3 is 0 Å². The van der Waals surface area contributed by atoms with Crippen molar-refractivity contribution in [1.29, 1.82) is 0 Å². The summed E-state index contributed by atoms with van der Waals surface area (Å²) in [5.41, 5.74) is 3.86. The number of hydrazine groups is 1. The molecule has 0 aromatic heterocycles. The third kappa shape index (κ3) is 3.97. The number of nitrogens with one attached hydrogen (secondary N) is 3. The third-order valence-corrected chi connectivity index (χ3v) is 4.62. The first-order valence-electron chi connectivity index (χ1n) is 8.27. The molecule has 2 aromatic carbocycles. The third-order valence-electron chi connectivity index (χ3n) is 4.19. The molecule has 1 saturated heterocycles. The zero-order valence-corrected chi connectivity index (χ0v) is 15.4. The second-order valence-electron chi connectivity index (χ2n) is 6.18. The average Bonchev–Trinajstić information content (AvgIpc) is 2.67. The quantitative estimate of drug-likeness (QED) is 0.334. The normalized spacial score (nSPS) is 19.6. The summed E-state index contributed by atoms with van der Waals surface area (Å²) < 4.78 is 0. The predicted molar refractivity (Wildman–Crippen MR) is 99.7 cm³/mol. The van der Waals surface area contributed by atoms with Crippen LogP contribution in [0, 0.1) is 5.21 Å². The molecule has 0 saturated carbocycles. The molecule has 0 aliphatic carbocycles. The Labute approximate surface area is 165 Å². The number of β-lactam (4-membered cyclic amide) rings is 1. The first-order valence-corrected chi connectivity index (χ1v) is 8.70. The molecule has 3 amide bonds. The van der Waals surface area contributed by atoms with Gasteiger partial charge in [-0.15, -0.1) is 11.6 Å². The van der Waals surface area contributed by atoms with Gasteiger partial charge in [0.1, 0.15) is 11.4 Å². The standard InChI is InChI=1S/C18H17ClN4O5/c1-10(24)20-13-7-5-11(6-8-13)17(25)21-22-16(15(19)18(22)26)12-3-2-4-14(9-12)23(27)28/h2-9,15-16,23,27H,1H3,(H,20,24)(H,21,25). The Morgan fingerprint density at radius 1 is 1.21 bits per heavy atom. The van der Waals surface area contributed by atoms with Gasteiger partial charge in [0.15, 0.2) is 5.69 Å². The van der Waals surface area contributed by atoms with Gasteiger partial charge in [0.25, 0.3) is 11.8 Å². The zero-order chi connectivity index (χ0) is 20.4. The van der Waals surface area contributed by atoms with E-state index in [4.69, 9.17) is 16.8 Å². The molecule has 146 valence electrons. The van der Waals surface area contributed by atoms with Crippen LogP contribution in [0.4, 0.5) is 11.4 Å². The second-order valence-corrected chi connectivity index (χ2v) is 6.66. The lowest BCUT2D eigenvalue weighted by Crippen LogP contribution is -2.99. The van der Waals surface area contributed by atoms with Crippen LogP contribution in [0.3, 0.4) is 0 Å². The summed E-state index contributed by atoms with van der Waals surface area (Å²) in [5, 5.41) is 21.9. The first-order chi connectivity index (χ1) is 13.3. The number of hydrogen-bond donors (Lipinski definition) is 4. The summed E-state index contributed by atoms with van der Waals surface area (Å²) in [5.74, 6) is -1.26. The van der Waals surface area contributed by atoms with Gasteiger partial charge in [-0.05, 0) is 29.8 Å². The number of amides is 3. The number of carbonyl (C=O) groups excluding carboxylic acids is 3. The van der Waals surface area contributed by atoms with E-state index in [0.29, 0.717) is 11.3 Å². The number of alkyl halides is 1. The van der Waals surface area contributed by atoms with Crippen molar-refractivity contribution in [2.24, 2.45) is 0 Å². The molecular weight excluding hydrogens is 388 g/mol. The number of benzene rings is 2. The van der Waals surface area contributed by atoms with Crippen molar-refractivity contribution in [2.75, 3.05) is 5.32 Å². The van der Waals surface area contributed by atoms with Crippen LogP contribution in [0.2, 0.25) is 0 Å². The largest absolute Gasteiger partial charge is 0.595 e. The minimum absolute atomic E-state index is 0.0561. The zero-order valence-electron chi connectivity index (χ0n) is 14.7. The lowest BCUT2D eigenvalue weighted by Gasteiger charge is -2.44. The number of carbonyl (C=O) groups is 3. The van der Waals surface area contributed by atoms with Gasteiger partial charge in [0.05, 0.1) is 0 Å². The highest BCUT2D eigenvalue weighted by atomic mass is 35.5. The van der Waals surface area contributed by atoms with E-state index >= 15 is 0 Å². The van der Waals surface area contributed by atoms with Crippen molar-refractivity contribution in [3.63, 3.8) is 0 Å². The minimum atomic E-state index is -1.10. The van der Waals surface area contributed by atoms with Crippen LogP contribution in [-0.4, -0.2) is 33.3 Å². The Morgan fingerprint density at radius 2 is 1.89 bits per heavy atom. The summed E-state index contributed by atoms with van der Waals surface area (Å²) >= 11 is 6.10. The molecule has 3 unspecified atom stereocenters. The van der Waals surface area contributed by atoms with Crippen LogP contribution < -0.4 is 16.0 Å². The van der Waals surface area contributed by atoms with Gasteiger partial charge in [0.2, 0.25) is 5.91 Å². The maximum absolute atomic E-state index is 12.5. The van der Waals surface area contributed by atoms with Crippen LogP contribution in [0.25, 0.3) is 0 Å². The molecule has 1 aliphatic rings. The number of halogens is 1. The fourth-order valence-corrected chi connectivity index (χ4v) is 3.20. The number of hydrogen-bond acceptors (Lipinski definition) is 5. The molecule has 0 bridgehead atoms. The lowest BCUT2D eigenvalue weighted by atomic mass is 9.95. The van der Waals surface area contributed by atoms with E-state index in [-0.39, 0.29) is 17.2 Å². The van der Waals surface area contributed by atoms with Crippen molar-refractivity contribution in [1.82, 2.24) is 10.4 Å². The van der Waals surface area contributed by atoms with Crippen LogP contribution in [0.1, 0.15) is 28.9 Å². The van der Waals surface area contributed by atoms with Gasteiger partial charge in [-0.1, -0.05) is 12.1 Å². The van der Waals surface area contributed by atoms with Crippen LogP contribution in [0.15, 0.2) is 48.5 Å². The fraction of sp³-hybridized carbons (Fsp3) is 0.167. The van der Waals surface area contributed by atoms with Crippen molar-refractivity contribution >= 4 is 40.7 Å². The van der Waals surface area contributed by atoms with E-state index in [1.807, 2.05) is 0 Å². The smallest absolute Gasteiger partial charge is 0.269 e. The second kappa shape index (κ2) is 7.95. The molecule has 4 N–H and O–H groups in total. The first kappa shape index (κ1) is 19.8. The topological polar surface area (TPSA) is 126 Å². The fourth-order valence-electron chi connectivity index (χ4n) is 2.83. The van der Waals surface area contributed by atoms with Crippen LogP contribution in [0.5, 0.6) is 0 Å². The minimum Gasteiger partial charge on any atom is -0.595 e. The highest BCUT2D eigenvalue weighted by Crippen LogP contribution is 2.37. The van der Waals surface area contributed by atoms with E-state index < -0.39 is 28.5 Å². The van der Waals surface area contributed by atoms with E-state index in [1.54, 1.807) is 24.3 Å². The Bertz CT molecular complexity index is 918. The number of nitrogens with zero attached hydrogens (tertiary/aromatic N) is 1. The number of rotatable bonds is 5. The number of quaternary nitrogens is 1. The molecule has 10 heteroatoms. The molecule has 1 heterocycles. The summed E-state index contributed by atoms with van der Waals surface area (Å²) in [6.07, 6.45) is 0. The maximum atomic E-state index is 12.5. The van der Waals surface area contributed by atoms with E-state index in [9.17, 15) is 19.6 Å². The Morgan fingerprint density at radius 3 is 2.50 bits per heavy atom.